The van der Waals surface area contributed by atoms with Gasteiger partial charge in [0.15, 0.2) is 0 Å². The van der Waals surface area contributed by atoms with E-state index >= 15 is 0 Å². The van der Waals surface area contributed by atoms with Gasteiger partial charge in [0.05, 0.1) is 17.3 Å². The molecular formula is C12H21N3O2S. The van der Waals surface area contributed by atoms with Gasteiger partial charge in [-0.05, 0) is 0 Å². The molecule has 3 N–H and O–H groups in total. The third kappa shape index (κ3) is 5.57. The summed E-state index contributed by atoms with van der Waals surface area (Å²) in [5.74, 6) is -0.440. The molecule has 0 spiro atoms. The largest absolute Gasteiger partial charge is 0.370 e. The van der Waals surface area contributed by atoms with E-state index in [1.807, 2.05) is 0 Å². The molecule has 0 unspecified atom stereocenters. The van der Waals surface area contributed by atoms with Crippen LogP contribution in [0.15, 0.2) is 5.38 Å². The number of ether oxygens (including phenoxy) is 1. The summed E-state index contributed by atoms with van der Waals surface area (Å²) in [5, 5.41) is 6.42. The molecule has 0 saturated carbocycles. The Balaban J connectivity index is 2.20. The van der Waals surface area contributed by atoms with Crippen LogP contribution in [0.4, 0.5) is 0 Å². The number of carbonyl (C=O) groups excluding carboxylic acids is 1. The molecule has 0 aliphatic carbocycles. The van der Waals surface area contributed by atoms with Gasteiger partial charge in [0.2, 0.25) is 5.91 Å². The number of thiazole rings is 1. The molecular weight excluding hydrogens is 250 g/mol. The van der Waals surface area contributed by atoms with Gasteiger partial charge in [-0.1, -0.05) is 20.8 Å². The Morgan fingerprint density at radius 2 is 2.28 bits per heavy atom. The Labute approximate surface area is 112 Å². The zero-order chi connectivity index (χ0) is 13.6. The van der Waals surface area contributed by atoms with Gasteiger partial charge in [0.25, 0.3) is 0 Å². The van der Waals surface area contributed by atoms with E-state index in [-0.39, 0.29) is 12.0 Å². The van der Waals surface area contributed by atoms with Gasteiger partial charge < -0.3 is 15.8 Å². The second kappa shape index (κ2) is 6.82. The molecule has 0 fully saturated rings. The van der Waals surface area contributed by atoms with Crippen molar-refractivity contribution in [1.82, 2.24) is 10.3 Å². The molecule has 102 valence electrons. The maximum Gasteiger partial charge on any atom is 0.243 e. The van der Waals surface area contributed by atoms with E-state index in [1.165, 1.54) is 0 Å². The fraction of sp³-hybridized carbons (Fsp3) is 0.667. The standard InChI is InChI=1S/C12H21N3O2S/c1-12(2,3)11-15-9(8-18-11)6-14-4-5-17-7-10(13)16/h8,14H,4-7H2,1-3H3,(H2,13,16). The summed E-state index contributed by atoms with van der Waals surface area (Å²) in [5.41, 5.74) is 6.09. The van der Waals surface area contributed by atoms with Crippen molar-refractivity contribution in [3.63, 3.8) is 0 Å². The van der Waals surface area contributed by atoms with Crippen LogP contribution in [0, 0.1) is 0 Å². The van der Waals surface area contributed by atoms with E-state index in [9.17, 15) is 4.79 Å². The minimum absolute atomic E-state index is 0.0213. The average molecular weight is 271 g/mol. The second-order valence-electron chi connectivity index (χ2n) is 5.09. The molecule has 5 nitrogen and oxygen atoms in total. The van der Waals surface area contributed by atoms with Crippen molar-refractivity contribution in [2.45, 2.75) is 32.7 Å². The average Bonchev–Trinajstić information content (AvgIpc) is 2.71. The monoisotopic (exact) mass is 271 g/mol. The summed E-state index contributed by atoms with van der Waals surface area (Å²) >= 11 is 1.69. The number of aromatic nitrogens is 1. The van der Waals surface area contributed by atoms with Crippen LogP contribution in [0.1, 0.15) is 31.5 Å². The van der Waals surface area contributed by atoms with E-state index in [4.69, 9.17) is 10.5 Å². The number of amides is 1. The number of nitrogens with zero attached hydrogens (tertiary/aromatic N) is 1. The minimum atomic E-state index is -0.440. The SMILES string of the molecule is CC(C)(C)c1nc(CNCCOCC(N)=O)cs1. The van der Waals surface area contributed by atoms with Crippen LogP contribution in [0.3, 0.4) is 0 Å². The Morgan fingerprint density at radius 1 is 1.56 bits per heavy atom. The van der Waals surface area contributed by atoms with Crippen LogP contribution in [-0.2, 0) is 21.5 Å². The van der Waals surface area contributed by atoms with Gasteiger partial charge in [-0.25, -0.2) is 4.98 Å². The molecule has 1 aromatic rings. The van der Waals surface area contributed by atoms with Gasteiger partial charge in [0.1, 0.15) is 6.61 Å². The first kappa shape index (κ1) is 15.1. The van der Waals surface area contributed by atoms with Crippen molar-refractivity contribution in [3.05, 3.63) is 16.1 Å². The van der Waals surface area contributed by atoms with Crippen molar-refractivity contribution in [2.75, 3.05) is 19.8 Å². The second-order valence-corrected chi connectivity index (χ2v) is 5.95. The van der Waals surface area contributed by atoms with Crippen molar-refractivity contribution < 1.29 is 9.53 Å². The Hall–Kier alpha value is -0.980. The zero-order valence-electron chi connectivity index (χ0n) is 11.2. The number of primary amides is 1. The maximum atomic E-state index is 10.4. The van der Waals surface area contributed by atoms with Crippen molar-refractivity contribution >= 4 is 17.2 Å². The summed E-state index contributed by atoms with van der Waals surface area (Å²) < 4.78 is 5.04. The van der Waals surface area contributed by atoms with Crippen LogP contribution < -0.4 is 11.1 Å². The third-order valence-electron chi connectivity index (χ3n) is 2.17. The Bertz CT molecular complexity index is 385. The van der Waals surface area contributed by atoms with E-state index < -0.39 is 5.91 Å². The predicted octanol–water partition coefficient (Wildman–Crippen LogP) is 1.03. The van der Waals surface area contributed by atoms with Gasteiger partial charge >= 0.3 is 0 Å². The number of rotatable bonds is 7. The molecule has 0 saturated heterocycles. The molecule has 0 atom stereocenters. The molecule has 1 rings (SSSR count). The molecule has 0 aromatic carbocycles. The van der Waals surface area contributed by atoms with Crippen LogP contribution in [-0.4, -0.2) is 30.6 Å². The summed E-state index contributed by atoms with van der Waals surface area (Å²) in [7, 11) is 0. The van der Waals surface area contributed by atoms with E-state index in [0.29, 0.717) is 19.7 Å². The number of carbonyl (C=O) groups is 1. The Morgan fingerprint density at radius 3 is 2.83 bits per heavy atom. The lowest BCUT2D eigenvalue weighted by Gasteiger charge is -2.13. The number of hydrogen-bond acceptors (Lipinski definition) is 5. The van der Waals surface area contributed by atoms with Gasteiger partial charge in [-0.15, -0.1) is 11.3 Å². The highest BCUT2D eigenvalue weighted by Crippen LogP contribution is 2.25. The third-order valence-corrected chi connectivity index (χ3v) is 3.48. The summed E-state index contributed by atoms with van der Waals surface area (Å²) in [6.45, 7) is 8.30. The number of nitrogens with two attached hydrogens (primary N) is 1. The molecule has 1 amide bonds. The number of hydrogen-bond donors (Lipinski definition) is 2. The van der Waals surface area contributed by atoms with Gasteiger partial charge in [-0.2, -0.15) is 0 Å². The van der Waals surface area contributed by atoms with E-state index in [1.54, 1.807) is 11.3 Å². The highest BCUT2D eigenvalue weighted by Gasteiger charge is 2.17. The molecule has 0 radical (unpaired) electrons. The minimum Gasteiger partial charge on any atom is -0.370 e. The zero-order valence-corrected chi connectivity index (χ0v) is 12.0. The van der Waals surface area contributed by atoms with Crippen LogP contribution >= 0.6 is 11.3 Å². The first-order chi connectivity index (χ1) is 8.39. The fourth-order valence-electron chi connectivity index (χ4n) is 1.27. The quantitative estimate of drug-likeness (QED) is 0.726. The van der Waals surface area contributed by atoms with E-state index in [0.717, 1.165) is 10.7 Å². The van der Waals surface area contributed by atoms with E-state index in [2.05, 4.69) is 36.5 Å². The van der Waals surface area contributed by atoms with Gasteiger partial charge in [0, 0.05) is 23.9 Å². The first-order valence-electron chi connectivity index (χ1n) is 5.91. The van der Waals surface area contributed by atoms with Crippen LogP contribution in [0.2, 0.25) is 0 Å². The van der Waals surface area contributed by atoms with Gasteiger partial charge in [-0.3, -0.25) is 4.79 Å². The Kier molecular flexibility index (Phi) is 5.71. The van der Waals surface area contributed by atoms with Crippen LogP contribution in [0.25, 0.3) is 0 Å². The first-order valence-corrected chi connectivity index (χ1v) is 6.79. The highest BCUT2D eigenvalue weighted by atomic mass is 32.1. The smallest absolute Gasteiger partial charge is 0.243 e. The fourth-order valence-corrected chi connectivity index (χ4v) is 2.17. The maximum absolute atomic E-state index is 10.4. The van der Waals surface area contributed by atoms with Crippen LogP contribution in [0.5, 0.6) is 0 Å². The van der Waals surface area contributed by atoms with Crippen molar-refractivity contribution in [2.24, 2.45) is 5.73 Å². The summed E-state index contributed by atoms with van der Waals surface area (Å²) in [4.78, 5) is 15.0. The lowest BCUT2D eigenvalue weighted by atomic mass is 9.98. The molecule has 6 heteroatoms. The summed E-state index contributed by atoms with van der Waals surface area (Å²) in [6, 6.07) is 0. The van der Waals surface area contributed by atoms with Crippen molar-refractivity contribution in [1.29, 1.82) is 0 Å². The lowest BCUT2D eigenvalue weighted by molar-refractivity contribution is -0.122. The highest BCUT2D eigenvalue weighted by molar-refractivity contribution is 7.09. The number of nitrogens with one attached hydrogen (secondary N) is 1. The molecule has 0 aliphatic heterocycles. The lowest BCUT2D eigenvalue weighted by Crippen LogP contribution is -2.24. The summed E-state index contributed by atoms with van der Waals surface area (Å²) in [6.07, 6.45) is 0. The molecule has 0 aliphatic rings. The molecule has 1 aromatic heterocycles. The topological polar surface area (TPSA) is 77.2 Å². The normalized spacial score (nSPS) is 11.7. The molecule has 0 bridgehead atoms. The predicted molar refractivity (Wildman–Crippen MR) is 72.5 cm³/mol. The molecule has 1 heterocycles. The molecule has 18 heavy (non-hydrogen) atoms. The van der Waals surface area contributed by atoms with Crippen molar-refractivity contribution in [3.8, 4) is 0 Å².